The zero-order chi connectivity index (χ0) is 22.0. The molecule has 0 saturated carbocycles. The van der Waals surface area contributed by atoms with E-state index in [0.29, 0.717) is 17.8 Å². The molecule has 1 heterocycles. The Hall–Kier alpha value is -3.22. The number of nitrogens with two attached hydrogens (primary N) is 1. The predicted octanol–water partition coefficient (Wildman–Crippen LogP) is 4.72. The first-order valence-electron chi connectivity index (χ1n) is 10.1. The Morgan fingerprint density at radius 2 is 1.52 bits per heavy atom. The van der Waals surface area contributed by atoms with Crippen LogP contribution in [0.4, 0.5) is 0 Å². The van der Waals surface area contributed by atoms with Gasteiger partial charge in [-0.2, -0.15) is 5.10 Å². The third-order valence-corrected chi connectivity index (χ3v) is 6.42. The maximum absolute atomic E-state index is 12.3. The number of sulfonamides is 1. The van der Waals surface area contributed by atoms with E-state index in [-0.39, 0.29) is 4.90 Å². The smallest absolute Gasteiger partial charge is 0.238 e. The van der Waals surface area contributed by atoms with E-state index in [9.17, 15) is 8.42 Å². The maximum Gasteiger partial charge on any atom is 0.238 e. The van der Waals surface area contributed by atoms with Gasteiger partial charge in [-0.05, 0) is 37.5 Å². The lowest BCUT2D eigenvalue weighted by Crippen LogP contribution is -2.13. The average molecular weight is 432 g/mol. The number of rotatable bonds is 6. The molecule has 0 atom stereocenters. The van der Waals surface area contributed by atoms with Crippen molar-refractivity contribution in [2.24, 2.45) is 5.14 Å². The molecule has 0 saturated heterocycles. The number of aryl methyl sites for hydroxylation is 3. The molecule has 0 radical (unpaired) electrons. The quantitative estimate of drug-likeness (QED) is 0.480. The Morgan fingerprint density at radius 1 is 0.871 bits per heavy atom. The van der Waals surface area contributed by atoms with Crippen LogP contribution in [0.25, 0.3) is 22.4 Å². The van der Waals surface area contributed by atoms with Crippen LogP contribution in [0.15, 0.2) is 83.8 Å². The van der Waals surface area contributed by atoms with Crippen LogP contribution in [0.1, 0.15) is 16.8 Å². The highest BCUT2D eigenvalue weighted by molar-refractivity contribution is 7.89. The van der Waals surface area contributed by atoms with E-state index < -0.39 is 10.0 Å². The third kappa shape index (κ3) is 4.45. The Balaban J connectivity index is 1.87. The van der Waals surface area contributed by atoms with Gasteiger partial charge in [0.05, 0.1) is 4.90 Å². The molecule has 6 heteroatoms. The van der Waals surface area contributed by atoms with Gasteiger partial charge in [0.25, 0.3) is 0 Å². The predicted molar refractivity (Wildman–Crippen MR) is 124 cm³/mol. The molecule has 0 unspecified atom stereocenters. The van der Waals surface area contributed by atoms with Gasteiger partial charge < -0.3 is 0 Å². The van der Waals surface area contributed by atoms with Gasteiger partial charge in [-0.1, -0.05) is 78.4 Å². The minimum Gasteiger partial charge on any atom is -0.268 e. The van der Waals surface area contributed by atoms with Crippen molar-refractivity contribution in [2.75, 3.05) is 0 Å². The first-order chi connectivity index (χ1) is 14.8. The summed E-state index contributed by atoms with van der Waals surface area (Å²) in [4.78, 5) is 0.0797. The Labute approximate surface area is 183 Å². The number of nitrogens with zero attached hydrogens (tertiary/aromatic N) is 2. The summed E-state index contributed by atoms with van der Waals surface area (Å²) in [6.07, 6.45) is 0.826. The molecule has 5 nitrogen and oxygen atoms in total. The number of benzene rings is 3. The van der Waals surface area contributed by atoms with Crippen molar-refractivity contribution in [3.8, 4) is 22.4 Å². The summed E-state index contributed by atoms with van der Waals surface area (Å²) in [7, 11) is -3.90. The number of aromatic nitrogens is 2. The van der Waals surface area contributed by atoms with E-state index in [1.807, 2.05) is 61.0 Å². The van der Waals surface area contributed by atoms with Crippen molar-refractivity contribution in [3.63, 3.8) is 0 Å². The van der Waals surface area contributed by atoms with Crippen molar-refractivity contribution < 1.29 is 8.42 Å². The van der Waals surface area contributed by atoms with Crippen LogP contribution in [-0.4, -0.2) is 18.2 Å². The summed E-state index contributed by atoms with van der Waals surface area (Å²) < 4.78 is 26.5. The average Bonchev–Trinajstić information content (AvgIpc) is 3.09. The minimum absolute atomic E-state index is 0.0797. The molecular formula is C25H25N3O2S. The molecule has 0 bridgehead atoms. The second-order valence-corrected chi connectivity index (χ2v) is 9.20. The van der Waals surface area contributed by atoms with Crippen LogP contribution in [0.5, 0.6) is 0 Å². The fraction of sp³-hybridized carbons (Fsp3) is 0.160. The molecule has 0 spiro atoms. The first kappa shape index (κ1) is 21.0. The van der Waals surface area contributed by atoms with Crippen LogP contribution in [0, 0.1) is 13.8 Å². The van der Waals surface area contributed by atoms with Crippen LogP contribution in [0.2, 0.25) is 0 Å². The molecule has 3 aromatic carbocycles. The molecule has 4 rings (SSSR count). The van der Waals surface area contributed by atoms with E-state index in [1.54, 1.807) is 18.2 Å². The SMILES string of the molecule is Cc1ccc(-c2c(-c3ccccc3S(N)(=O)=O)nn(CCc3ccccc3)c2C)cc1. The normalized spacial score (nSPS) is 11.6. The summed E-state index contributed by atoms with van der Waals surface area (Å²) >= 11 is 0. The molecule has 0 aliphatic heterocycles. The highest BCUT2D eigenvalue weighted by Crippen LogP contribution is 2.37. The van der Waals surface area contributed by atoms with Gasteiger partial charge in [0.1, 0.15) is 5.69 Å². The maximum atomic E-state index is 12.3. The monoisotopic (exact) mass is 431 g/mol. The Kier molecular flexibility index (Phi) is 5.76. The lowest BCUT2D eigenvalue weighted by molar-refractivity contribution is 0.596. The van der Waals surface area contributed by atoms with Crippen molar-refractivity contribution >= 4 is 10.0 Å². The van der Waals surface area contributed by atoms with E-state index in [2.05, 4.69) is 12.1 Å². The molecule has 4 aromatic rings. The Bertz CT molecular complexity index is 1310. The van der Waals surface area contributed by atoms with E-state index >= 15 is 0 Å². The second-order valence-electron chi connectivity index (χ2n) is 7.67. The van der Waals surface area contributed by atoms with Crippen molar-refractivity contribution in [3.05, 3.63) is 95.7 Å². The van der Waals surface area contributed by atoms with E-state index in [0.717, 1.165) is 28.8 Å². The molecule has 2 N–H and O–H groups in total. The molecule has 1 aromatic heterocycles. The van der Waals surface area contributed by atoms with Gasteiger partial charge in [0.15, 0.2) is 0 Å². The van der Waals surface area contributed by atoms with Gasteiger partial charge in [0, 0.05) is 23.4 Å². The molecule has 0 aliphatic rings. The lowest BCUT2D eigenvalue weighted by atomic mass is 9.98. The fourth-order valence-electron chi connectivity index (χ4n) is 3.81. The van der Waals surface area contributed by atoms with Crippen LogP contribution in [0.3, 0.4) is 0 Å². The van der Waals surface area contributed by atoms with Gasteiger partial charge in [-0.3, -0.25) is 4.68 Å². The molecule has 0 aliphatic carbocycles. The first-order valence-corrected chi connectivity index (χ1v) is 11.7. The van der Waals surface area contributed by atoms with Gasteiger partial charge >= 0.3 is 0 Å². The largest absolute Gasteiger partial charge is 0.268 e. The summed E-state index contributed by atoms with van der Waals surface area (Å²) in [5.41, 5.74) is 6.42. The fourth-order valence-corrected chi connectivity index (χ4v) is 4.55. The number of hydrogen-bond donors (Lipinski definition) is 1. The van der Waals surface area contributed by atoms with E-state index in [1.165, 1.54) is 11.6 Å². The molecule has 0 fully saturated rings. The standard InChI is InChI=1S/C25H25N3O2S/c1-18-12-14-21(15-13-18)24-19(2)28(17-16-20-8-4-3-5-9-20)27-25(24)22-10-6-7-11-23(22)31(26,29)30/h3-15H,16-17H2,1-2H3,(H2,26,29,30). The zero-order valence-electron chi connectivity index (χ0n) is 17.6. The molecule has 31 heavy (non-hydrogen) atoms. The second kappa shape index (κ2) is 8.49. The molecule has 158 valence electrons. The van der Waals surface area contributed by atoms with Crippen molar-refractivity contribution in [1.82, 2.24) is 9.78 Å². The van der Waals surface area contributed by atoms with Crippen LogP contribution in [-0.2, 0) is 23.0 Å². The number of hydrogen-bond acceptors (Lipinski definition) is 3. The van der Waals surface area contributed by atoms with Gasteiger partial charge in [0.2, 0.25) is 10.0 Å². The zero-order valence-corrected chi connectivity index (χ0v) is 18.4. The Morgan fingerprint density at radius 3 is 2.19 bits per heavy atom. The topological polar surface area (TPSA) is 78.0 Å². The summed E-state index contributed by atoms with van der Waals surface area (Å²) in [5.74, 6) is 0. The minimum atomic E-state index is -3.90. The van der Waals surface area contributed by atoms with Crippen molar-refractivity contribution in [1.29, 1.82) is 0 Å². The number of primary sulfonamides is 1. The van der Waals surface area contributed by atoms with Crippen LogP contribution >= 0.6 is 0 Å². The molecular weight excluding hydrogens is 406 g/mol. The highest BCUT2D eigenvalue weighted by Gasteiger charge is 2.23. The van der Waals surface area contributed by atoms with E-state index in [4.69, 9.17) is 10.2 Å². The summed E-state index contributed by atoms with van der Waals surface area (Å²) in [6, 6.07) is 25.2. The lowest BCUT2D eigenvalue weighted by Gasteiger charge is -2.09. The van der Waals surface area contributed by atoms with Gasteiger partial charge in [-0.15, -0.1) is 0 Å². The van der Waals surface area contributed by atoms with Crippen LogP contribution < -0.4 is 5.14 Å². The summed E-state index contributed by atoms with van der Waals surface area (Å²) in [6.45, 7) is 4.75. The van der Waals surface area contributed by atoms with Crippen molar-refractivity contribution in [2.45, 2.75) is 31.7 Å². The third-order valence-electron chi connectivity index (χ3n) is 5.45. The summed E-state index contributed by atoms with van der Waals surface area (Å²) in [5, 5.41) is 10.4. The van der Waals surface area contributed by atoms with Gasteiger partial charge in [-0.25, -0.2) is 13.6 Å². The highest BCUT2D eigenvalue weighted by atomic mass is 32.2. The molecule has 0 amide bonds.